The maximum atomic E-state index is 10.5. The summed E-state index contributed by atoms with van der Waals surface area (Å²) in [4.78, 5) is 21.0. The van der Waals surface area contributed by atoms with Crippen LogP contribution in [-0.4, -0.2) is 11.6 Å². The van der Waals surface area contributed by atoms with Crippen LogP contribution < -0.4 is 0 Å². The lowest BCUT2D eigenvalue weighted by molar-refractivity contribution is -0.117. The highest BCUT2D eigenvalue weighted by atomic mass is 35.5. The summed E-state index contributed by atoms with van der Waals surface area (Å²) in [5, 5.41) is 0.214. The molecule has 0 amide bonds. The first-order chi connectivity index (χ1) is 5.04. The molecule has 0 atom stereocenters. The lowest BCUT2D eigenvalue weighted by Gasteiger charge is -1.90. The van der Waals surface area contributed by atoms with Gasteiger partial charge < -0.3 is 4.79 Å². The summed E-state index contributed by atoms with van der Waals surface area (Å²) in [6, 6.07) is 0. The van der Waals surface area contributed by atoms with E-state index < -0.39 is 0 Å². The Bertz CT molecular complexity index is 194. The van der Waals surface area contributed by atoms with Crippen molar-refractivity contribution in [2.45, 2.75) is 26.7 Å². The van der Waals surface area contributed by atoms with Crippen molar-refractivity contribution in [2.24, 2.45) is 0 Å². The van der Waals surface area contributed by atoms with Gasteiger partial charge in [-0.2, -0.15) is 0 Å². The van der Waals surface area contributed by atoms with E-state index >= 15 is 0 Å². The summed E-state index contributed by atoms with van der Waals surface area (Å²) >= 11 is 5.50. The summed E-state index contributed by atoms with van der Waals surface area (Å²) in [5.41, 5.74) is 0. The van der Waals surface area contributed by atoms with Gasteiger partial charge in [0.2, 0.25) is 0 Å². The van der Waals surface area contributed by atoms with E-state index in [1.54, 1.807) is 6.08 Å². The number of rotatable bonds is 4. The second kappa shape index (κ2) is 5.08. The second-order valence-electron chi connectivity index (χ2n) is 2.35. The van der Waals surface area contributed by atoms with Crippen LogP contribution in [0, 0.1) is 0 Å². The summed E-state index contributed by atoms with van der Waals surface area (Å²) < 4.78 is 0. The molecule has 0 aliphatic carbocycles. The zero-order valence-corrected chi connectivity index (χ0v) is 7.44. The van der Waals surface area contributed by atoms with E-state index in [2.05, 4.69) is 0 Å². The van der Waals surface area contributed by atoms with E-state index in [-0.39, 0.29) is 16.6 Å². The van der Waals surface area contributed by atoms with Gasteiger partial charge in [-0.15, -0.1) is 0 Å². The number of Topliss-reactive ketones (excluding diaryl/α,β-unsaturated/α-hetero) is 2. The third-order valence-electron chi connectivity index (χ3n) is 1.16. The molecule has 2 nitrogen and oxygen atoms in total. The zero-order chi connectivity index (χ0) is 8.85. The Hall–Kier alpha value is -0.630. The molecule has 0 aromatic rings. The van der Waals surface area contributed by atoms with Crippen molar-refractivity contribution in [3.05, 3.63) is 11.1 Å². The summed E-state index contributed by atoms with van der Waals surface area (Å²) in [5.74, 6) is -0.0514. The second-order valence-corrected chi connectivity index (χ2v) is 2.76. The number of carbonyl (C=O) groups excluding carboxylic acids is 2. The normalized spacial score (nSPS) is 11.4. The van der Waals surface area contributed by atoms with Crippen molar-refractivity contribution in [1.82, 2.24) is 0 Å². The first-order valence-electron chi connectivity index (χ1n) is 3.40. The van der Waals surface area contributed by atoms with Gasteiger partial charge in [0.1, 0.15) is 5.78 Å². The number of halogens is 1. The fourth-order valence-corrected chi connectivity index (χ4v) is 0.655. The van der Waals surface area contributed by atoms with E-state index in [4.69, 9.17) is 11.6 Å². The third kappa shape index (κ3) is 5.80. The molecular formula is C8H11ClO2. The van der Waals surface area contributed by atoms with Gasteiger partial charge >= 0.3 is 0 Å². The van der Waals surface area contributed by atoms with Crippen LogP contribution in [0.5, 0.6) is 0 Å². The van der Waals surface area contributed by atoms with Crippen LogP contribution in [-0.2, 0) is 9.59 Å². The fourth-order valence-electron chi connectivity index (χ4n) is 0.546. The minimum Gasteiger partial charge on any atom is -0.300 e. The number of carbonyl (C=O) groups is 2. The monoisotopic (exact) mass is 174 g/mol. The molecule has 0 aliphatic heterocycles. The van der Waals surface area contributed by atoms with Crippen LogP contribution in [0.4, 0.5) is 0 Å². The average Bonchev–Trinajstić information content (AvgIpc) is 1.86. The van der Waals surface area contributed by atoms with Gasteiger partial charge in [-0.05, 0) is 13.3 Å². The molecule has 0 heterocycles. The molecule has 0 radical (unpaired) electrons. The number of allylic oxidation sites excluding steroid dienone is 2. The van der Waals surface area contributed by atoms with E-state index in [9.17, 15) is 9.59 Å². The van der Waals surface area contributed by atoms with Crippen LogP contribution in [0.15, 0.2) is 11.1 Å². The topological polar surface area (TPSA) is 34.1 Å². The third-order valence-corrected chi connectivity index (χ3v) is 1.58. The molecule has 0 saturated heterocycles. The summed E-state index contributed by atoms with van der Waals surface area (Å²) in [7, 11) is 0. The molecule has 0 N–H and O–H groups in total. The molecule has 0 saturated carbocycles. The highest BCUT2D eigenvalue weighted by Crippen LogP contribution is 2.05. The van der Waals surface area contributed by atoms with Crippen molar-refractivity contribution in [3.8, 4) is 0 Å². The lowest BCUT2D eigenvalue weighted by atomic mass is 10.2. The Morgan fingerprint density at radius 3 is 2.27 bits per heavy atom. The standard InChI is InChI=1S/C8H11ClO2/c1-6(10)4-3-5-8(9)7(2)11/h5H,3-4H2,1-2H3/b8-5+. The molecule has 0 bridgehead atoms. The van der Waals surface area contributed by atoms with Crippen molar-refractivity contribution in [3.63, 3.8) is 0 Å². The average molecular weight is 175 g/mol. The van der Waals surface area contributed by atoms with E-state index in [0.29, 0.717) is 12.8 Å². The minimum atomic E-state index is -0.157. The molecule has 0 fully saturated rings. The molecule has 0 spiro atoms. The predicted octanol–water partition coefficient (Wildman–Crippen LogP) is 2.07. The quantitative estimate of drug-likeness (QED) is 0.612. The van der Waals surface area contributed by atoms with Crippen LogP contribution in [0.3, 0.4) is 0 Å². The molecule has 0 aromatic heterocycles. The van der Waals surface area contributed by atoms with Crippen LogP contribution >= 0.6 is 11.6 Å². The Kier molecular flexibility index (Phi) is 4.79. The van der Waals surface area contributed by atoms with Gasteiger partial charge in [-0.25, -0.2) is 0 Å². The maximum absolute atomic E-state index is 10.5. The molecule has 0 rings (SSSR count). The van der Waals surface area contributed by atoms with E-state index in [1.165, 1.54) is 13.8 Å². The van der Waals surface area contributed by atoms with Gasteiger partial charge in [0.05, 0.1) is 5.03 Å². The number of hydrogen-bond donors (Lipinski definition) is 0. The first-order valence-corrected chi connectivity index (χ1v) is 3.78. The molecule has 0 aromatic carbocycles. The highest BCUT2D eigenvalue weighted by molar-refractivity contribution is 6.42. The Labute approximate surface area is 71.2 Å². The van der Waals surface area contributed by atoms with Crippen molar-refractivity contribution in [1.29, 1.82) is 0 Å². The summed E-state index contributed by atoms with van der Waals surface area (Å²) in [6.07, 6.45) is 2.57. The van der Waals surface area contributed by atoms with Gasteiger partial charge in [0, 0.05) is 13.3 Å². The Balaban J connectivity index is 3.74. The summed E-state index contributed by atoms with van der Waals surface area (Å²) in [6.45, 7) is 2.90. The molecular weight excluding hydrogens is 164 g/mol. The first kappa shape index (κ1) is 10.4. The van der Waals surface area contributed by atoms with Crippen molar-refractivity contribution >= 4 is 23.2 Å². The Morgan fingerprint density at radius 1 is 1.36 bits per heavy atom. The molecule has 62 valence electrons. The highest BCUT2D eigenvalue weighted by Gasteiger charge is 1.97. The molecule has 11 heavy (non-hydrogen) atoms. The maximum Gasteiger partial charge on any atom is 0.170 e. The van der Waals surface area contributed by atoms with Gasteiger partial charge in [0.15, 0.2) is 5.78 Å². The van der Waals surface area contributed by atoms with Crippen LogP contribution in [0.2, 0.25) is 0 Å². The van der Waals surface area contributed by atoms with Gasteiger partial charge in [-0.3, -0.25) is 4.79 Å². The van der Waals surface area contributed by atoms with Gasteiger partial charge in [-0.1, -0.05) is 17.7 Å². The van der Waals surface area contributed by atoms with Gasteiger partial charge in [0.25, 0.3) is 0 Å². The Morgan fingerprint density at radius 2 is 1.91 bits per heavy atom. The van der Waals surface area contributed by atoms with Crippen LogP contribution in [0.1, 0.15) is 26.7 Å². The number of ketones is 2. The van der Waals surface area contributed by atoms with Crippen molar-refractivity contribution < 1.29 is 9.59 Å². The van der Waals surface area contributed by atoms with Crippen molar-refractivity contribution in [2.75, 3.05) is 0 Å². The molecule has 3 heteroatoms. The lowest BCUT2D eigenvalue weighted by Crippen LogP contribution is -1.91. The molecule has 0 unspecified atom stereocenters. The fraction of sp³-hybridized carbons (Fsp3) is 0.500. The minimum absolute atomic E-state index is 0.106. The number of hydrogen-bond acceptors (Lipinski definition) is 2. The predicted molar refractivity (Wildman–Crippen MR) is 44.5 cm³/mol. The molecule has 0 aliphatic rings. The smallest absolute Gasteiger partial charge is 0.170 e. The zero-order valence-electron chi connectivity index (χ0n) is 6.69. The SMILES string of the molecule is CC(=O)CC/C=C(/Cl)C(C)=O. The van der Waals surface area contributed by atoms with E-state index in [0.717, 1.165) is 0 Å². The largest absolute Gasteiger partial charge is 0.300 e. The van der Waals surface area contributed by atoms with Crippen LogP contribution in [0.25, 0.3) is 0 Å². The van der Waals surface area contributed by atoms with E-state index in [1.807, 2.05) is 0 Å².